The molecule has 0 saturated carbocycles. The SMILES string of the molecule is Cc1ccc(-c2nc(CCN(C)S(=O)(=O)c3cccc4nsnc34)no2)cc1. The van der Waals surface area contributed by atoms with Crippen molar-refractivity contribution in [2.75, 3.05) is 13.6 Å². The zero-order valence-corrected chi connectivity index (χ0v) is 16.9. The van der Waals surface area contributed by atoms with Gasteiger partial charge in [-0.3, -0.25) is 0 Å². The van der Waals surface area contributed by atoms with E-state index in [9.17, 15) is 8.42 Å². The van der Waals surface area contributed by atoms with Crippen LogP contribution in [-0.2, 0) is 16.4 Å². The number of nitrogens with zero attached hydrogens (tertiary/aromatic N) is 5. The summed E-state index contributed by atoms with van der Waals surface area (Å²) in [4.78, 5) is 4.51. The Morgan fingerprint density at radius 1 is 1.11 bits per heavy atom. The maximum absolute atomic E-state index is 12.9. The largest absolute Gasteiger partial charge is 0.334 e. The average molecular weight is 416 g/mol. The second-order valence-electron chi connectivity index (χ2n) is 6.35. The number of fused-ring (bicyclic) bond motifs is 1. The van der Waals surface area contributed by atoms with Gasteiger partial charge in [0.1, 0.15) is 15.9 Å². The summed E-state index contributed by atoms with van der Waals surface area (Å²) < 4.78 is 40.6. The third-order valence-corrected chi connectivity index (χ3v) is 6.79. The van der Waals surface area contributed by atoms with Crippen LogP contribution in [0, 0.1) is 6.92 Å². The van der Waals surface area contributed by atoms with Gasteiger partial charge in [-0.05, 0) is 31.2 Å². The van der Waals surface area contributed by atoms with E-state index in [-0.39, 0.29) is 11.4 Å². The summed E-state index contributed by atoms with van der Waals surface area (Å²) in [6, 6.07) is 12.7. The molecule has 0 spiro atoms. The second-order valence-corrected chi connectivity index (χ2v) is 8.89. The lowest BCUT2D eigenvalue weighted by atomic mass is 10.1. The van der Waals surface area contributed by atoms with Crippen molar-refractivity contribution in [3.05, 3.63) is 53.9 Å². The first-order valence-corrected chi connectivity index (χ1v) is 10.7. The van der Waals surface area contributed by atoms with Crippen molar-refractivity contribution in [1.29, 1.82) is 0 Å². The number of sulfonamides is 1. The summed E-state index contributed by atoms with van der Waals surface area (Å²) in [5.74, 6) is 0.866. The normalized spacial score (nSPS) is 12.1. The zero-order valence-electron chi connectivity index (χ0n) is 15.2. The maximum Gasteiger partial charge on any atom is 0.257 e. The van der Waals surface area contributed by atoms with Crippen molar-refractivity contribution in [2.45, 2.75) is 18.2 Å². The highest BCUT2D eigenvalue weighted by atomic mass is 32.2. The molecule has 0 radical (unpaired) electrons. The van der Waals surface area contributed by atoms with Crippen molar-refractivity contribution in [3.63, 3.8) is 0 Å². The molecule has 2 heterocycles. The fourth-order valence-electron chi connectivity index (χ4n) is 2.70. The van der Waals surface area contributed by atoms with Gasteiger partial charge < -0.3 is 4.52 Å². The maximum atomic E-state index is 12.9. The van der Waals surface area contributed by atoms with E-state index in [1.807, 2.05) is 31.2 Å². The molecule has 0 aliphatic carbocycles. The Morgan fingerprint density at radius 3 is 2.68 bits per heavy atom. The quantitative estimate of drug-likeness (QED) is 0.477. The highest BCUT2D eigenvalue weighted by Crippen LogP contribution is 2.24. The van der Waals surface area contributed by atoms with Gasteiger partial charge in [0.2, 0.25) is 10.0 Å². The minimum atomic E-state index is -3.70. The highest BCUT2D eigenvalue weighted by molar-refractivity contribution is 7.89. The van der Waals surface area contributed by atoms with E-state index in [4.69, 9.17) is 4.52 Å². The molecule has 2 aromatic carbocycles. The summed E-state index contributed by atoms with van der Waals surface area (Å²) in [5, 5.41) is 3.96. The third-order valence-electron chi connectivity index (χ3n) is 4.35. The predicted octanol–water partition coefficient (Wildman–Crippen LogP) is 2.91. The van der Waals surface area contributed by atoms with E-state index in [0.717, 1.165) is 22.9 Å². The van der Waals surface area contributed by atoms with E-state index in [1.165, 1.54) is 11.4 Å². The number of hydrogen-bond acceptors (Lipinski definition) is 8. The number of hydrogen-bond donors (Lipinski definition) is 0. The molecule has 0 aliphatic heterocycles. The topological polar surface area (TPSA) is 102 Å². The molecule has 144 valence electrons. The standard InChI is InChI=1S/C18H17N5O3S2/c1-12-6-8-13(9-7-12)18-19-16(20-26-18)10-11-23(2)28(24,25)15-5-3-4-14-17(15)22-27-21-14/h3-9H,10-11H2,1-2H3. The molecule has 4 rings (SSSR count). The van der Waals surface area contributed by atoms with Crippen molar-refractivity contribution in [1.82, 2.24) is 23.2 Å². The van der Waals surface area contributed by atoms with Gasteiger partial charge in [-0.15, -0.1) is 0 Å². The van der Waals surface area contributed by atoms with Crippen LogP contribution < -0.4 is 0 Å². The first kappa shape index (κ1) is 18.7. The van der Waals surface area contributed by atoms with Crippen molar-refractivity contribution in [3.8, 4) is 11.5 Å². The lowest BCUT2D eigenvalue weighted by Crippen LogP contribution is -2.29. The van der Waals surface area contributed by atoms with Gasteiger partial charge in [-0.1, -0.05) is 28.9 Å². The molecule has 8 nitrogen and oxygen atoms in total. The summed E-state index contributed by atoms with van der Waals surface area (Å²) in [7, 11) is -2.18. The number of likely N-dealkylation sites (N-methyl/N-ethyl adjacent to an activating group) is 1. The summed E-state index contributed by atoms with van der Waals surface area (Å²) >= 11 is 0.991. The molecule has 28 heavy (non-hydrogen) atoms. The molecular weight excluding hydrogens is 398 g/mol. The predicted molar refractivity (Wildman–Crippen MR) is 105 cm³/mol. The summed E-state index contributed by atoms with van der Waals surface area (Å²) in [5.41, 5.74) is 2.93. The zero-order chi connectivity index (χ0) is 19.7. The monoisotopic (exact) mass is 415 g/mol. The average Bonchev–Trinajstić information content (AvgIpc) is 3.35. The molecule has 10 heteroatoms. The molecule has 0 bridgehead atoms. The van der Waals surface area contributed by atoms with Crippen LogP contribution in [0.4, 0.5) is 0 Å². The Balaban J connectivity index is 1.49. The number of rotatable bonds is 6. The summed E-state index contributed by atoms with van der Waals surface area (Å²) in [6.07, 6.45) is 0.330. The van der Waals surface area contributed by atoms with Gasteiger partial charge in [0, 0.05) is 25.6 Å². The smallest absolute Gasteiger partial charge is 0.257 e. The molecule has 2 aromatic heterocycles. The van der Waals surface area contributed by atoms with Gasteiger partial charge in [0.25, 0.3) is 5.89 Å². The number of aryl methyl sites for hydroxylation is 1. The van der Waals surface area contributed by atoms with Crippen molar-refractivity contribution < 1.29 is 12.9 Å². The Morgan fingerprint density at radius 2 is 1.89 bits per heavy atom. The van der Waals surface area contributed by atoms with Crippen LogP contribution in [0.5, 0.6) is 0 Å². The molecular formula is C18H17N5O3S2. The third kappa shape index (κ3) is 3.53. The van der Waals surface area contributed by atoms with Crippen LogP contribution in [0.15, 0.2) is 51.9 Å². The van der Waals surface area contributed by atoms with E-state index in [1.54, 1.807) is 18.2 Å². The second kappa shape index (κ2) is 7.38. The number of aromatic nitrogens is 4. The minimum absolute atomic E-state index is 0.148. The first-order chi connectivity index (χ1) is 13.4. The lowest BCUT2D eigenvalue weighted by Gasteiger charge is -2.16. The van der Waals surface area contributed by atoms with Crippen molar-refractivity contribution in [2.24, 2.45) is 0 Å². The van der Waals surface area contributed by atoms with Crippen LogP contribution in [0.3, 0.4) is 0 Å². The van der Waals surface area contributed by atoms with Crippen LogP contribution in [0.2, 0.25) is 0 Å². The van der Waals surface area contributed by atoms with Gasteiger partial charge >= 0.3 is 0 Å². The number of benzene rings is 2. The Kier molecular flexibility index (Phi) is 4.92. The Hall–Kier alpha value is -2.69. The molecule has 0 fully saturated rings. The van der Waals surface area contributed by atoms with Crippen LogP contribution in [0.1, 0.15) is 11.4 Å². The molecule has 4 aromatic rings. The van der Waals surface area contributed by atoms with Crippen LogP contribution in [-0.4, -0.2) is 45.2 Å². The fourth-order valence-corrected chi connectivity index (χ4v) is 4.62. The first-order valence-electron chi connectivity index (χ1n) is 8.52. The highest BCUT2D eigenvalue weighted by Gasteiger charge is 2.25. The van der Waals surface area contributed by atoms with E-state index in [0.29, 0.717) is 29.2 Å². The van der Waals surface area contributed by atoms with Gasteiger partial charge in [-0.25, -0.2) is 12.7 Å². The molecule has 0 aliphatic rings. The molecule has 0 saturated heterocycles. The Bertz CT molecular complexity index is 1220. The van der Waals surface area contributed by atoms with Gasteiger partial charge in [0.15, 0.2) is 5.82 Å². The molecule has 0 atom stereocenters. The van der Waals surface area contributed by atoms with E-state index in [2.05, 4.69) is 18.9 Å². The van der Waals surface area contributed by atoms with E-state index < -0.39 is 10.0 Å². The van der Waals surface area contributed by atoms with Gasteiger partial charge in [-0.2, -0.15) is 13.7 Å². The van der Waals surface area contributed by atoms with Crippen LogP contribution in [0.25, 0.3) is 22.5 Å². The lowest BCUT2D eigenvalue weighted by molar-refractivity contribution is 0.415. The Labute approximate surface area is 166 Å². The molecule has 0 N–H and O–H groups in total. The van der Waals surface area contributed by atoms with Crippen LogP contribution >= 0.6 is 11.7 Å². The molecule has 0 amide bonds. The minimum Gasteiger partial charge on any atom is -0.334 e. The molecule has 0 unspecified atom stereocenters. The van der Waals surface area contributed by atoms with Crippen molar-refractivity contribution >= 4 is 32.8 Å². The van der Waals surface area contributed by atoms with E-state index >= 15 is 0 Å². The summed E-state index contributed by atoms with van der Waals surface area (Å²) in [6.45, 7) is 2.21. The fraction of sp³-hybridized carbons (Fsp3) is 0.222. The van der Waals surface area contributed by atoms with Gasteiger partial charge in [0.05, 0.1) is 11.7 Å².